The molecule has 0 unspecified atom stereocenters. The summed E-state index contributed by atoms with van der Waals surface area (Å²) in [4.78, 5) is 12.9. The van der Waals surface area contributed by atoms with Crippen LogP contribution in [-0.2, 0) is 16.6 Å². The summed E-state index contributed by atoms with van der Waals surface area (Å²) in [7, 11) is 0. The van der Waals surface area contributed by atoms with Gasteiger partial charge in [0.25, 0.3) is 0 Å². The first kappa shape index (κ1) is 14.6. The molecule has 3 heteroatoms. The summed E-state index contributed by atoms with van der Waals surface area (Å²) in [5.41, 5.74) is 1.64. The van der Waals surface area contributed by atoms with Crippen molar-refractivity contribution in [3.05, 3.63) is 69.7 Å². The van der Waals surface area contributed by atoms with Crippen molar-refractivity contribution >= 4 is 29.0 Å². The molecule has 0 saturated heterocycles. The summed E-state index contributed by atoms with van der Waals surface area (Å²) in [6.45, 7) is 0. The zero-order chi connectivity index (χ0) is 14.9. The van der Waals surface area contributed by atoms with E-state index in [0.29, 0.717) is 16.5 Å². The van der Waals surface area contributed by atoms with Crippen molar-refractivity contribution in [1.82, 2.24) is 0 Å². The Hall–Kier alpha value is -1.31. The lowest BCUT2D eigenvalue weighted by atomic mass is 9.61. The Morgan fingerprint density at radius 2 is 1.67 bits per heavy atom. The van der Waals surface area contributed by atoms with Crippen LogP contribution < -0.4 is 0 Å². The monoisotopic (exact) mass is 318 g/mol. The van der Waals surface area contributed by atoms with Gasteiger partial charge in [-0.3, -0.25) is 4.79 Å². The molecule has 0 amide bonds. The molecule has 0 bridgehead atoms. The van der Waals surface area contributed by atoms with Crippen LogP contribution in [0.1, 0.15) is 30.4 Å². The second-order valence-electron chi connectivity index (χ2n) is 5.63. The molecule has 1 fully saturated rings. The average Bonchev–Trinajstić information content (AvgIpc) is 2.42. The molecule has 21 heavy (non-hydrogen) atoms. The molecule has 0 radical (unpaired) electrons. The summed E-state index contributed by atoms with van der Waals surface area (Å²) in [5, 5.41) is 1.36. The summed E-state index contributed by atoms with van der Waals surface area (Å²) in [5.74, 6) is 0.254. The van der Waals surface area contributed by atoms with Crippen molar-refractivity contribution in [1.29, 1.82) is 0 Å². The van der Waals surface area contributed by atoms with Gasteiger partial charge in [-0.25, -0.2) is 0 Å². The second kappa shape index (κ2) is 5.82. The summed E-state index contributed by atoms with van der Waals surface area (Å²) in [6, 6.07) is 15.2. The van der Waals surface area contributed by atoms with Gasteiger partial charge in [0, 0.05) is 16.5 Å². The number of hydrogen-bond acceptors (Lipinski definition) is 1. The van der Waals surface area contributed by atoms with Crippen LogP contribution in [0.2, 0.25) is 10.0 Å². The number of carbonyl (C=O) groups excluding carboxylic acids is 1. The molecule has 1 nitrogen and oxygen atoms in total. The molecule has 1 aliphatic carbocycles. The third kappa shape index (κ3) is 2.73. The maximum absolute atomic E-state index is 12.9. The van der Waals surface area contributed by atoms with E-state index in [9.17, 15) is 4.79 Å². The lowest BCUT2D eigenvalue weighted by Gasteiger charge is -2.41. The van der Waals surface area contributed by atoms with Gasteiger partial charge in [0.1, 0.15) is 5.78 Å². The topological polar surface area (TPSA) is 17.1 Å². The van der Waals surface area contributed by atoms with E-state index in [1.807, 2.05) is 48.5 Å². The molecular weight excluding hydrogens is 303 g/mol. The number of hydrogen-bond donors (Lipinski definition) is 0. The largest absolute Gasteiger partial charge is 0.298 e. The van der Waals surface area contributed by atoms with Crippen LogP contribution in [-0.4, -0.2) is 5.78 Å². The summed E-state index contributed by atoms with van der Waals surface area (Å²) in [6.07, 6.45) is 3.31. The van der Waals surface area contributed by atoms with E-state index in [1.165, 1.54) is 0 Å². The average molecular weight is 319 g/mol. The highest BCUT2D eigenvalue weighted by Crippen LogP contribution is 2.45. The van der Waals surface area contributed by atoms with Gasteiger partial charge in [-0.15, -0.1) is 0 Å². The molecule has 1 aliphatic rings. The van der Waals surface area contributed by atoms with Crippen LogP contribution in [0, 0.1) is 0 Å². The van der Waals surface area contributed by atoms with E-state index in [-0.39, 0.29) is 11.2 Å². The van der Waals surface area contributed by atoms with Gasteiger partial charge in [-0.2, -0.15) is 0 Å². The molecule has 0 spiro atoms. The molecule has 3 rings (SSSR count). The predicted molar refractivity (Wildman–Crippen MR) is 87.1 cm³/mol. The predicted octanol–water partition coefficient (Wildman–Crippen LogP) is 5.23. The van der Waals surface area contributed by atoms with Gasteiger partial charge in [0.15, 0.2) is 0 Å². The van der Waals surface area contributed by atoms with E-state index >= 15 is 0 Å². The Morgan fingerprint density at radius 1 is 1.00 bits per heavy atom. The number of Topliss-reactive ketones (excluding diaryl/α,β-unsaturated/α-hetero) is 1. The minimum Gasteiger partial charge on any atom is -0.298 e. The van der Waals surface area contributed by atoms with Crippen LogP contribution in [0.15, 0.2) is 48.5 Å². The summed E-state index contributed by atoms with van der Waals surface area (Å²) >= 11 is 12.1. The Balaban J connectivity index is 1.87. The zero-order valence-electron chi connectivity index (χ0n) is 11.6. The van der Waals surface area contributed by atoms with Crippen molar-refractivity contribution in [3.8, 4) is 0 Å². The molecule has 0 aromatic heterocycles. The van der Waals surface area contributed by atoms with Crippen molar-refractivity contribution in [2.45, 2.75) is 31.1 Å². The molecule has 2 aromatic carbocycles. The van der Waals surface area contributed by atoms with Crippen molar-refractivity contribution in [2.75, 3.05) is 0 Å². The van der Waals surface area contributed by atoms with Gasteiger partial charge in [-0.05, 0) is 42.2 Å². The SMILES string of the molecule is O=C(Cc1ccccc1Cl)C1(c2ccc(Cl)cc2)CCC1. The third-order valence-electron chi connectivity index (χ3n) is 4.45. The number of rotatable bonds is 4. The Bertz CT molecular complexity index is 657. The fraction of sp³-hybridized carbons (Fsp3) is 0.278. The molecule has 2 aromatic rings. The highest BCUT2D eigenvalue weighted by molar-refractivity contribution is 6.31. The van der Waals surface area contributed by atoms with E-state index < -0.39 is 0 Å². The quantitative estimate of drug-likeness (QED) is 0.754. The highest BCUT2D eigenvalue weighted by atomic mass is 35.5. The maximum atomic E-state index is 12.9. The minimum atomic E-state index is -0.343. The molecule has 0 N–H and O–H groups in total. The number of halogens is 2. The van der Waals surface area contributed by atoms with E-state index in [4.69, 9.17) is 23.2 Å². The van der Waals surface area contributed by atoms with E-state index in [0.717, 1.165) is 30.4 Å². The van der Waals surface area contributed by atoms with Gasteiger partial charge < -0.3 is 0 Å². The molecule has 0 heterocycles. The molecule has 0 aliphatic heterocycles. The third-order valence-corrected chi connectivity index (χ3v) is 5.07. The van der Waals surface area contributed by atoms with Gasteiger partial charge in [0.05, 0.1) is 5.41 Å². The van der Waals surface area contributed by atoms with E-state index in [1.54, 1.807) is 0 Å². The van der Waals surface area contributed by atoms with Gasteiger partial charge in [0.2, 0.25) is 0 Å². The minimum absolute atomic E-state index is 0.254. The first-order chi connectivity index (χ1) is 10.1. The normalized spacial score (nSPS) is 16.3. The van der Waals surface area contributed by atoms with Gasteiger partial charge in [-0.1, -0.05) is 60.0 Å². The van der Waals surface area contributed by atoms with E-state index in [2.05, 4.69) is 0 Å². The fourth-order valence-corrected chi connectivity index (χ4v) is 3.34. The highest BCUT2D eigenvalue weighted by Gasteiger charge is 2.44. The first-order valence-electron chi connectivity index (χ1n) is 7.15. The lowest BCUT2D eigenvalue weighted by Crippen LogP contribution is -2.43. The standard InChI is InChI=1S/C18H16Cl2O/c19-15-8-6-14(7-9-15)18(10-3-11-18)17(21)12-13-4-1-2-5-16(13)20/h1-2,4-9H,3,10-12H2. The molecule has 108 valence electrons. The zero-order valence-corrected chi connectivity index (χ0v) is 13.1. The Labute approximate surface area is 134 Å². The van der Waals surface area contributed by atoms with Crippen molar-refractivity contribution in [2.24, 2.45) is 0 Å². The Kier molecular flexibility index (Phi) is 4.05. The van der Waals surface area contributed by atoms with Crippen molar-refractivity contribution in [3.63, 3.8) is 0 Å². The van der Waals surface area contributed by atoms with Crippen LogP contribution in [0.3, 0.4) is 0 Å². The van der Waals surface area contributed by atoms with Crippen molar-refractivity contribution < 1.29 is 4.79 Å². The maximum Gasteiger partial charge on any atom is 0.147 e. The van der Waals surface area contributed by atoms with Crippen LogP contribution in [0.5, 0.6) is 0 Å². The Morgan fingerprint density at radius 3 is 2.24 bits per heavy atom. The molecular formula is C18H16Cl2O. The molecule has 0 atom stereocenters. The summed E-state index contributed by atoms with van der Waals surface area (Å²) < 4.78 is 0. The fourth-order valence-electron chi connectivity index (χ4n) is 3.01. The second-order valence-corrected chi connectivity index (χ2v) is 6.48. The number of ketones is 1. The smallest absolute Gasteiger partial charge is 0.147 e. The first-order valence-corrected chi connectivity index (χ1v) is 7.90. The number of carbonyl (C=O) groups is 1. The molecule has 1 saturated carbocycles. The number of benzene rings is 2. The lowest BCUT2D eigenvalue weighted by molar-refractivity contribution is -0.127. The van der Waals surface area contributed by atoms with Crippen LogP contribution in [0.25, 0.3) is 0 Å². The van der Waals surface area contributed by atoms with Crippen LogP contribution >= 0.6 is 23.2 Å². The van der Waals surface area contributed by atoms with Gasteiger partial charge >= 0.3 is 0 Å². The van der Waals surface area contributed by atoms with Crippen LogP contribution in [0.4, 0.5) is 0 Å².